The first-order valence-corrected chi connectivity index (χ1v) is 14.3. The van der Waals surface area contributed by atoms with Crippen LogP contribution in [0.15, 0.2) is 114 Å². The summed E-state index contributed by atoms with van der Waals surface area (Å²) in [7, 11) is 0. The van der Waals surface area contributed by atoms with E-state index in [1.54, 1.807) is 66.7 Å². The summed E-state index contributed by atoms with van der Waals surface area (Å²) >= 11 is 1.27. The van der Waals surface area contributed by atoms with Crippen LogP contribution < -0.4 is 20.7 Å². The third-order valence-corrected chi connectivity index (χ3v) is 6.92. The van der Waals surface area contributed by atoms with E-state index in [2.05, 4.69) is 16.0 Å². The van der Waals surface area contributed by atoms with Crippen LogP contribution in [-0.4, -0.2) is 41.2 Å². The van der Waals surface area contributed by atoms with Gasteiger partial charge in [-0.3, -0.25) is 14.4 Å². The number of carbonyl (C=O) groups is 4. The van der Waals surface area contributed by atoms with Crippen LogP contribution in [0.25, 0.3) is 6.08 Å². The molecule has 4 aromatic carbocycles. The maximum Gasteiger partial charge on any atom is 0.335 e. The first-order chi connectivity index (χ1) is 20.8. The minimum absolute atomic E-state index is 0.0207. The fourth-order valence-corrected chi connectivity index (χ4v) is 4.64. The Morgan fingerprint density at radius 3 is 2.23 bits per heavy atom. The van der Waals surface area contributed by atoms with E-state index >= 15 is 0 Å². The Kier molecular flexibility index (Phi) is 10.7. The van der Waals surface area contributed by atoms with Crippen molar-refractivity contribution in [1.82, 2.24) is 5.32 Å². The van der Waals surface area contributed by atoms with Gasteiger partial charge in [-0.2, -0.15) is 0 Å². The van der Waals surface area contributed by atoms with Crippen LogP contribution in [0.1, 0.15) is 33.2 Å². The van der Waals surface area contributed by atoms with Crippen molar-refractivity contribution in [2.75, 3.05) is 23.0 Å². The number of carbonyl (C=O) groups excluding carboxylic acids is 3. The largest absolute Gasteiger partial charge is 0.493 e. The number of amides is 3. The number of carboxylic acids is 1. The second kappa shape index (κ2) is 15.0. The molecule has 0 aliphatic heterocycles. The van der Waals surface area contributed by atoms with Crippen LogP contribution in [0.3, 0.4) is 0 Å². The van der Waals surface area contributed by atoms with E-state index in [4.69, 9.17) is 9.84 Å². The van der Waals surface area contributed by atoms with Crippen LogP contribution in [0, 0.1) is 0 Å². The van der Waals surface area contributed by atoms with Crippen molar-refractivity contribution < 1.29 is 29.0 Å². The lowest BCUT2D eigenvalue weighted by Crippen LogP contribution is -2.30. The predicted octanol–water partition coefficient (Wildman–Crippen LogP) is 5.92. The lowest BCUT2D eigenvalue weighted by atomic mass is 10.1. The van der Waals surface area contributed by atoms with Crippen LogP contribution in [0.2, 0.25) is 0 Å². The summed E-state index contributed by atoms with van der Waals surface area (Å²) in [5.74, 6) is -1.64. The van der Waals surface area contributed by atoms with Gasteiger partial charge in [-0.25, -0.2) is 4.79 Å². The van der Waals surface area contributed by atoms with Crippen molar-refractivity contribution >= 4 is 52.9 Å². The molecule has 0 saturated carbocycles. The molecule has 4 rings (SSSR count). The fourth-order valence-electron chi connectivity index (χ4n) is 3.89. The zero-order chi connectivity index (χ0) is 30.6. The molecule has 0 bridgehead atoms. The predicted molar refractivity (Wildman–Crippen MR) is 167 cm³/mol. The average molecular weight is 596 g/mol. The van der Waals surface area contributed by atoms with Gasteiger partial charge in [0.25, 0.3) is 11.8 Å². The summed E-state index contributed by atoms with van der Waals surface area (Å²) in [5.41, 5.74) is 2.12. The first-order valence-electron chi connectivity index (χ1n) is 13.3. The highest BCUT2D eigenvalue weighted by atomic mass is 32.2. The van der Waals surface area contributed by atoms with Crippen molar-refractivity contribution in [2.24, 2.45) is 0 Å². The van der Waals surface area contributed by atoms with Crippen molar-refractivity contribution in [3.05, 3.63) is 126 Å². The molecule has 0 aromatic heterocycles. The Hall–Kier alpha value is -5.35. The summed E-state index contributed by atoms with van der Waals surface area (Å²) in [4.78, 5) is 50.6. The van der Waals surface area contributed by atoms with E-state index in [0.29, 0.717) is 34.9 Å². The third-order valence-electron chi connectivity index (χ3n) is 5.92. The van der Waals surface area contributed by atoms with E-state index in [1.165, 1.54) is 36.0 Å². The molecule has 0 aliphatic rings. The smallest absolute Gasteiger partial charge is 0.335 e. The molecule has 0 radical (unpaired) electrons. The fraction of sp³-hybridized carbons (Fsp3) is 0.0909. The summed E-state index contributed by atoms with van der Waals surface area (Å²) in [6.45, 7) is 2.29. The van der Waals surface area contributed by atoms with Gasteiger partial charge in [0.2, 0.25) is 5.91 Å². The van der Waals surface area contributed by atoms with E-state index in [1.807, 2.05) is 25.1 Å². The molecule has 0 fully saturated rings. The quantitative estimate of drug-likeness (QED) is 0.118. The van der Waals surface area contributed by atoms with E-state index in [0.717, 1.165) is 4.90 Å². The number of nitrogens with one attached hydrogen (secondary N) is 3. The van der Waals surface area contributed by atoms with E-state index in [9.17, 15) is 19.2 Å². The molecule has 0 aliphatic carbocycles. The number of hydrogen-bond donors (Lipinski definition) is 4. The van der Waals surface area contributed by atoms with Gasteiger partial charge in [-0.15, -0.1) is 11.8 Å². The highest BCUT2D eigenvalue weighted by Gasteiger charge is 2.16. The number of ether oxygens (including phenoxy) is 1. The molecule has 218 valence electrons. The Morgan fingerprint density at radius 1 is 0.791 bits per heavy atom. The van der Waals surface area contributed by atoms with Gasteiger partial charge in [0.05, 0.1) is 17.9 Å². The Morgan fingerprint density at radius 2 is 1.51 bits per heavy atom. The number of thioether (sulfide) groups is 1. The lowest BCUT2D eigenvalue weighted by Gasteiger charge is -2.13. The molecule has 9 nitrogen and oxygen atoms in total. The van der Waals surface area contributed by atoms with Crippen LogP contribution in [0.4, 0.5) is 11.4 Å². The number of para-hydroxylation sites is 1. The molecule has 0 saturated heterocycles. The Labute approximate surface area is 253 Å². The topological polar surface area (TPSA) is 134 Å². The van der Waals surface area contributed by atoms with Crippen molar-refractivity contribution in [3.63, 3.8) is 0 Å². The highest BCUT2D eigenvalue weighted by Crippen LogP contribution is 2.24. The molecule has 3 amide bonds. The number of benzene rings is 4. The maximum absolute atomic E-state index is 13.5. The summed E-state index contributed by atoms with van der Waals surface area (Å²) in [6, 6.07) is 28.6. The molecule has 0 atom stereocenters. The number of anilines is 2. The summed E-state index contributed by atoms with van der Waals surface area (Å²) < 4.78 is 5.69. The minimum atomic E-state index is -1.04. The first kappa shape index (κ1) is 30.6. The number of rotatable bonds is 12. The lowest BCUT2D eigenvalue weighted by molar-refractivity contribution is -0.114. The van der Waals surface area contributed by atoms with Crippen LogP contribution >= 0.6 is 11.8 Å². The standard InChI is InChI=1S/C33H29N3O6S/c1-2-42-29-14-7-6-11-24(29)19-28(36-31(38)22-9-4-3-5-10-22)32(39)35-26-12-8-13-27(20-26)43-21-30(37)34-25-17-15-23(16-18-25)33(40)41/h3-20H,2,21H2,1H3,(H,34,37)(H,35,39)(H,36,38)(H,40,41)/b28-19+. The van der Waals surface area contributed by atoms with Gasteiger partial charge in [0, 0.05) is 27.4 Å². The molecule has 0 spiro atoms. The van der Waals surface area contributed by atoms with Crippen LogP contribution in [0.5, 0.6) is 5.75 Å². The molecule has 4 aromatic rings. The molecule has 0 unspecified atom stereocenters. The molecule has 10 heteroatoms. The summed E-state index contributed by atoms with van der Waals surface area (Å²) in [5, 5.41) is 17.3. The van der Waals surface area contributed by atoms with E-state index in [-0.39, 0.29) is 22.9 Å². The van der Waals surface area contributed by atoms with Gasteiger partial charge >= 0.3 is 5.97 Å². The minimum Gasteiger partial charge on any atom is -0.493 e. The van der Waals surface area contributed by atoms with Gasteiger partial charge in [0.15, 0.2) is 0 Å². The second-order valence-corrected chi connectivity index (χ2v) is 10.1. The second-order valence-electron chi connectivity index (χ2n) is 9.05. The SMILES string of the molecule is CCOc1ccccc1/C=C(/NC(=O)c1ccccc1)C(=O)Nc1cccc(SCC(=O)Nc2ccc(C(=O)O)cc2)c1. The number of hydrogen-bond acceptors (Lipinski definition) is 6. The normalized spacial score (nSPS) is 10.9. The number of aromatic carboxylic acids is 1. The third kappa shape index (κ3) is 9.07. The maximum atomic E-state index is 13.5. The Bertz CT molecular complexity index is 1640. The molecule has 4 N–H and O–H groups in total. The number of carboxylic acid groups (broad SMARTS) is 1. The summed E-state index contributed by atoms with van der Waals surface area (Å²) in [6.07, 6.45) is 1.56. The average Bonchev–Trinajstić information content (AvgIpc) is 3.01. The monoisotopic (exact) mass is 595 g/mol. The van der Waals surface area contributed by atoms with Gasteiger partial charge in [0.1, 0.15) is 11.4 Å². The van der Waals surface area contributed by atoms with Gasteiger partial charge in [-0.05, 0) is 73.7 Å². The molecular formula is C33H29N3O6S. The zero-order valence-electron chi connectivity index (χ0n) is 23.2. The van der Waals surface area contributed by atoms with Gasteiger partial charge < -0.3 is 25.8 Å². The van der Waals surface area contributed by atoms with Crippen LogP contribution in [-0.2, 0) is 9.59 Å². The van der Waals surface area contributed by atoms with Crippen molar-refractivity contribution in [3.8, 4) is 5.75 Å². The highest BCUT2D eigenvalue weighted by molar-refractivity contribution is 8.00. The molecule has 43 heavy (non-hydrogen) atoms. The Balaban J connectivity index is 1.46. The van der Waals surface area contributed by atoms with Crippen molar-refractivity contribution in [1.29, 1.82) is 0 Å². The molecular weight excluding hydrogens is 566 g/mol. The van der Waals surface area contributed by atoms with Crippen molar-refractivity contribution in [2.45, 2.75) is 11.8 Å². The van der Waals surface area contributed by atoms with E-state index < -0.39 is 17.8 Å². The zero-order valence-corrected chi connectivity index (χ0v) is 24.0. The molecule has 0 heterocycles. The van der Waals surface area contributed by atoms with Gasteiger partial charge in [-0.1, -0.05) is 42.5 Å².